The number of hydrogen-bond acceptors (Lipinski definition) is 4. The third kappa shape index (κ3) is 6.17. The molecule has 1 heterocycles. The van der Waals surface area contributed by atoms with Gasteiger partial charge in [0.05, 0.1) is 0 Å². The molecule has 0 amide bonds. The van der Waals surface area contributed by atoms with E-state index >= 15 is 0 Å². The second-order valence-electron chi connectivity index (χ2n) is 5.25. The Balaban J connectivity index is 0.00000264. The summed E-state index contributed by atoms with van der Waals surface area (Å²) in [6.07, 6.45) is 0. The van der Waals surface area contributed by atoms with Crippen LogP contribution in [-0.2, 0) is 13.1 Å². The molecular formula is C16H24IN5O. The molecule has 126 valence electrons. The van der Waals surface area contributed by atoms with Crippen molar-refractivity contribution >= 4 is 29.9 Å². The lowest BCUT2D eigenvalue weighted by atomic mass is 10.1. The highest BCUT2D eigenvalue weighted by Crippen LogP contribution is 2.06. The summed E-state index contributed by atoms with van der Waals surface area (Å²) in [5.74, 6) is 1.97. The van der Waals surface area contributed by atoms with E-state index in [-0.39, 0.29) is 24.0 Å². The molecule has 0 saturated carbocycles. The highest BCUT2D eigenvalue weighted by Gasteiger charge is 2.08. The summed E-state index contributed by atoms with van der Waals surface area (Å²) in [5, 5.41) is 7.05. The standard InChI is InChI=1S/C16H23N5O.HI/c1-5-17-16(18-10-15-19-13(3)20-22-15)21(4)11-14-8-6-12(2)7-9-14;/h6-9H,5,10-11H2,1-4H3,(H,17,18);1H. The molecule has 0 spiro atoms. The summed E-state index contributed by atoms with van der Waals surface area (Å²) in [4.78, 5) is 10.8. The summed E-state index contributed by atoms with van der Waals surface area (Å²) in [6.45, 7) is 7.90. The van der Waals surface area contributed by atoms with Crippen molar-refractivity contribution in [2.24, 2.45) is 4.99 Å². The van der Waals surface area contributed by atoms with Crippen LogP contribution in [0.4, 0.5) is 0 Å². The second kappa shape index (κ2) is 9.49. The van der Waals surface area contributed by atoms with E-state index < -0.39 is 0 Å². The van der Waals surface area contributed by atoms with E-state index in [9.17, 15) is 0 Å². The topological polar surface area (TPSA) is 66.5 Å². The Morgan fingerprint density at radius 1 is 1.26 bits per heavy atom. The maximum atomic E-state index is 5.09. The molecule has 0 aliphatic rings. The number of nitrogens with one attached hydrogen (secondary N) is 1. The van der Waals surface area contributed by atoms with E-state index in [1.807, 2.05) is 14.0 Å². The van der Waals surface area contributed by atoms with E-state index in [0.717, 1.165) is 19.0 Å². The van der Waals surface area contributed by atoms with Gasteiger partial charge in [-0.1, -0.05) is 35.0 Å². The zero-order valence-corrected chi connectivity index (χ0v) is 16.4. The van der Waals surface area contributed by atoms with Crippen molar-refractivity contribution < 1.29 is 4.52 Å². The van der Waals surface area contributed by atoms with Gasteiger partial charge >= 0.3 is 0 Å². The van der Waals surface area contributed by atoms with E-state index in [1.54, 1.807) is 6.92 Å². The Morgan fingerprint density at radius 3 is 2.52 bits per heavy atom. The number of benzene rings is 1. The summed E-state index contributed by atoms with van der Waals surface area (Å²) < 4.78 is 5.09. The lowest BCUT2D eigenvalue weighted by molar-refractivity contribution is 0.375. The van der Waals surface area contributed by atoms with Crippen LogP contribution in [0.3, 0.4) is 0 Å². The highest BCUT2D eigenvalue weighted by molar-refractivity contribution is 14.0. The number of aryl methyl sites for hydroxylation is 2. The summed E-state index contributed by atoms with van der Waals surface area (Å²) >= 11 is 0. The van der Waals surface area contributed by atoms with Crippen LogP contribution in [0, 0.1) is 13.8 Å². The van der Waals surface area contributed by atoms with Crippen LogP contribution in [0.15, 0.2) is 33.8 Å². The monoisotopic (exact) mass is 429 g/mol. The van der Waals surface area contributed by atoms with E-state index in [2.05, 4.69) is 56.5 Å². The van der Waals surface area contributed by atoms with Crippen LogP contribution in [0.1, 0.15) is 29.8 Å². The van der Waals surface area contributed by atoms with Gasteiger partial charge in [0.25, 0.3) is 0 Å². The maximum absolute atomic E-state index is 5.09. The minimum Gasteiger partial charge on any atom is -0.357 e. The number of aliphatic imine (C=N–C) groups is 1. The molecular weight excluding hydrogens is 405 g/mol. The van der Waals surface area contributed by atoms with Crippen molar-refractivity contribution in [1.29, 1.82) is 0 Å². The third-order valence-electron chi connectivity index (χ3n) is 3.17. The predicted molar refractivity (Wildman–Crippen MR) is 102 cm³/mol. The molecule has 2 aromatic rings. The molecule has 0 bridgehead atoms. The number of halogens is 1. The first-order valence-electron chi connectivity index (χ1n) is 7.42. The molecule has 2 rings (SSSR count). The quantitative estimate of drug-likeness (QED) is 0.450. The molecule has 6 nitrogen and oxygen atoms in total. The van der Waals surface area contributed by atoms with Gasteiger partial charge in [0, 0.05) is 20.1 Å². The number of nitrogens with zero attached hydrogens (tertiary/aromatic N) is 4. The first-order valence-corrected chi connectivity index (χ1v) is 7.42. The van der Waals surface area contributed by atoms with Gasteiger partial charge in [0.2, 0.25) is 5.89 Å². The van der Waals surface area contributed by atoms with Crippen molar-refractivity contribution in [3.63, 3.8) is 0 Å². The number of aromatic nitrogens is 2. The average molecular weight is 429 g/mol. The SMILES string of the molecule is CCNC(=NCc1nc(C)no1)N(C)Cc1ccc(C)cc1.I. The molecule has 0 aliphatic carbocycles. The van der Waals surface area contributed by atoms with Crippen molar-refractivity contribution in [2.45, 2.75) is 33.9 Å². The largest absolute Gasteiger partial charge is 0.357 e. The van der Waals surface area contributed by atoms with Crippen LogP contribution >= 0.6 is 24.0 Å². The van der Waals surface area contributed by atoms with Crippen LogP contribution in [0.25, 0.3) is 0 Å². The number of guanidine groups is 1. The van der Waals surface area contributed by atoms with Gasteiger partial charge in [-0.15, -0.1) is 24.0 Å². The molecule has 0 atom stereocenters. The molecule has 1 aromatic carbocycles. The fourth-order valence-corrected chi connectivity index (χ4v) is 2.06. The fourth-order valence-electron chi connectivity index (χ4n) is 2.06. The molecule has 23 heavy (non-hydrogen) atoms. The van der Waals surface area contributed by atoms with Gasteiger partial charge in [0.15, 0.2) is 11.8 Å². The summed E-state index contributed by atoms with van der Waals surface area (Å²) in [5.41, 5.74) is 2.51. The molecule has 0 saturated heterocycles. The Hall–Kier alpha value is -1.64. The first kappa shape index (κ1) is 19.4. The molecule has 0 aliphatic heterocycles. The average Bonchev–Trinajstić information content (AvgIpc) is 2.91. The van der Waals surface area contributed by atoms with Gasteiger partial charge in [-0.05, 0) is 26.3 Å². The smallest absolute Gasteiger partial charge is 0.248 e. The lowest BCUT2D eigenvalue weighted by Gasteiger charge is -2.22. The summed E-state index contributed by atoms with van der Waals surface area (Å²) in [6, 6.07) is 8.51. The van der Waals surface area contributed by atoms with Crippen molar-refractivity contribution in [3.05, 3.63) is 47.1 Å². The normalized spacial score (nSPS) is 11.0. The van der Waals surface area contributed by atoms with Crippen molar-refractivity contribution in [3.8, 4) is 0 Å². The van der Waals surface area contributed by atoms with Crippen LogP contribution in [0.5, 0.6) is 0 Å². The Bertz CT molecular complexity index is 624. The maximum Gasteiger partial charge on any atom is 0.248 e. The van der Waals surface area contributed by atoms with Crippen LogP contribution < -0.4 is 5.32 Å². The van der Waals surface area contributed by atoms with Gasteiger partial charge in [-0.3, -0.25) is 0 Å². The van der Waals surface area contributed by atoms with Gasteiger partial charge in [0.1, 0.15) is 6.54 Å². The Morgan fingerprint density at radius 2 is 1.96 bits per heavy atom. The highest BCUT2D eigenvalue weighted by atomic mass is 127. The molecule has 7 heteroatoms. The van der Waals surface area contributed by atoms with E-state index in [0.29, 0.717) is 18.3 Å². The first-order chi connectivity index (χ1) is 10.6. The van der Waals surface area contributed by atoms with Gasteiger partial charge in [-0.2, -0.15) is 4.98 Å². The van der Waals surface area contributed by atoms with Gasteiger partial charge < -0.3 is 14.7 Å². The number of rotatable bonds is 5. The zero-order chi connectivity index (χ0) is 15.9. The second-order valence-corrected chi connectivity index (χ2v) is 5.25. The minimum atomic E-state index is 0. The number of hydrogen-bond donors (Lipinski definition) is 1. The van der Waals surface area contributed by atoms with Crippen LogP contribution in [0.2, 0.25) is 0 Å². The van der Waals surface area contributed by atoms with E-state index in [4.69, 9.17) is 4.52 Å². The van der Waals surface area contributed by atoms with Crippen molar-refractivity contribution in [2.75, 3.05) is 13.6 Å². The summed E-state index contributed by atoms with van der Waals surface area (Å²) in [7, 11) is 2.01. The third-order valence-corrected chi connectivity index (χ3v) is 3.17. The predicted octanol–water partition coefficient (Wildman–Crippen LogP) is 2.90. The minimum absolute atomic E-state index is 0. The molecule has 0 fully saturated rings. The zero-order valence-electron chi connectivity index (χ0n) is 14.0. The Kier molecular flexibility index (Phi) is 8.01. The fraction of sp³-hybridized carbons (Fsp3) is 0.438. The molecule has 1 N–H and O–H groups in total. The van der Waals surface area contributed by atoms with Crippen LogP contribution in [-0.4, -0.2) is 34.6 Å². The Labute approximate surface area is 154 Å². The lowest BCUT2D eigenvalue weighted by Crippen LogP contribution is -2.38. The molecule has 0 unspecified atom stereocenters. The molecule has 0 radical (unpaired) electrons. The van der Waals surface area contributed by atoms with E-state index in [1.165, 1.54) is 11.1 Å². The van der Waals surface area contributed by atoms with Crippen molar-refractivity contribution in [1.82, 2.24) is 20.4 Å². The molecule has 1 aromatic heterocycles. The van der Waals surface area contributed by atoms with Gasteiger partial charge in [-0.25, -0.2) is 4.99 Å².